The zero-order chi connectivity index (χ0) is 14.6. The van der Waals surface area contributed by atoms with Crippen LogP contribution in [0.1, 0.15) is 11.1 Å². The van der Waals surface area contributed by atoms with E-state index >= 15 is 0 Å². The third kappa shape index (κ3) is 3.79. The van der Waals surface area contributed by atoms with Crippen molar-refractivity contribution in [1.82, 2.24) is 0 Å². The first-order valence-electron chi connectivity index (χ1n) is 5.91. The summed E-state index contributed by atoms with van der Waals surface area (Å²) in [6, 6.07) is 15.7. The fourth-order valence-electron chi connectivity index (χ4n) is 1.81. The number of anilines is 1. The van der Waals surface area contributed by atoms with E-state index in [0.717, 1.165) is 0 Å². The number of hydrogen-bond donors (Lipinski definition) is 2. The van der Waals surface area contributed by atoms with Gasteiger partial charge < -0.3 is 5.73 Å². The molecule has 0 aliphatic heterocycles. The molecule has 0 heterocycles. The zero-order valence-electron chi connectivity index (χ0n) is 10.6. The van der Waals surface area contributed by atoms with Crippen LogP contribution in [0.5, 0.6) is 0 Å². The molecule has 0 aliphatic carbocycles. The van der Waals surface area contributed by atoms with Gasteiger partial charge in [-0.25, -0.2) is 8.42 Å². The number of rotatable bonds is 5. The van der Waals surface area contributed by atoms with E-state index in [0.29, 0.717) is 16.8 Å². The Kier molecular flexibility index (Phi) is 4.36. The molecule has 0 bridgehead atoms. The van der Waals surface area contributed by atoms with Crippen LogP contribution in [0.3, 0.4) is 0 Å². The number of sulfonamides is 1. The predicted molar refractivity (Wildman–Crippen MR) is 85.0 cm³/mol. The lowest BCUT2D eigenvalue weighted by Crippen LogP contribution is -2.18. The number of nitrogens with one attached hydrogen (secondary N) is 1. The Labute approximate surface area is 123 Å². The maximum Gasteiger partial charge on any atom is 0.236 e. The first-order chi connectivity index (χ1) is 9.48. The lowest BCUT2D eigenvalue weighted by molar-refractivity contribution is 0.600. The largest absolute Gasteiger partial charge is 0.389 e. The van der Waals surface area contributed by atoms with Crippen LogP contribution in [-0.2, 0) is 15.8 Å². The second-order valence-electron chi connectivity index (χ2n) is 4.25. The summed E-state index contributed by atoms with van der Waals surface area (Å²) in [4.78, 5) is 0.190. The van der Waals surface area contributed by atoms with E-state index < -0.39 is 10.0 Å². The molecule has 0 fully saturated rings. The van der Waals surface area contributed by atoms with Gasteiger partial charge in [-0.15, -0.1) is 0 Å². The fraction of sp³-hybridized carbons (Fsp3) is 0.0714. The zero-order valence-corrected chi connectivity index (χ0v) is 12.2. The Hall–Kier alpha value is -1.92. The van der Waals surface area contributed by atoms with E-state index in [1.165, 1.54) is 0 Å². The smallest absolute Gasteiger partial charge is 0.236 e. The van der Waals surface area contributed by atoms with Crippen molar-refractivity contribution < 1.29 is 8.42 Å². The van der Waals surface area contributed by atoms with Gasteiger partial charge in [0, 0.05) is 11.3 Å². The summed E-state index contributed by atoms with van der Waals surface area (Å²) in [6.07, 6.45) is 0. The molecule has 0 unspecified atom stereocenters. The Morgan fingerprint density at radius 1 is 1.05 bits per heavy atom. The van der Waals surface area contributed by atoms with E-state index in [-0.39, 0.29) is 10.7 Å². The fourth-order valence-corrected chi connectivity index (χ4v) is 3.24. The molecule has 0 saturated heterocycles. The van der Waals surface area contributed by atoms with Gasteiger partial charge in [-0.1, -0.05) is 54.7 Å². The second kappa shape index (κ2) is 6.02. The van der Waals surface area contributed by atoms with E-state index in [9.17, 15) is 8.42 Å². The lowest BCUT2D eigenvalue weighted by atomic mass is 10.1. The molecule has 104 valence electrons. The van der Waals surface area contributed by atoms with E-state index in [1.54, 1.807) is 48.5 Å². The minimum absolute atomic E-state index is 0.171. The van der Waals surface area contributed by atoms with Crippen molar-refractivity contribution in [2.24, 2.45) is 5.73 Å². The minimum atomic E-state index is -3.51. The van der Waals surface area contributed by atoms with Gasteiger partial charge in [0.2, 0.25) is 10.0 Å². The van der Waals surface area contributed by atoms with Gasteiger partial charge in [0.05, 0.1) is 5.75 Å². The summed E-state index contributed by atoms with van der Waals surface area (Å²) in [5, 5.41) is 0. The van der Waals surface area contributed by atoms with Crippen molar-refractivity contribution in [3.63, 3.8) is 0 Å². The number of thiocarbonyl (C=S) groups is 1. The lowest BCUT2D eigenvalue weighted by Gasteiger charge is -2.10. The third-order valence-electron chi connectivity index (χ3n) is 2.68. The second-order valence-corrected chi connectivity index (χ2v) is 6.41. The van der Waals surface area contributed by atoms with Crippen LogP contribution >= 0.6 is 12.2 Å². The molecule has 0 saturated carbocycles. The highest BCUT2D eigenvalue weighted by atomic mass is 32.2. The summed E-state index contributed by atoms with van der Waals surface area (Å²) < 4.78 is 26.8. The molecule has 20 heavy (non-hydrogen) atoms. The molecule has 0 atom stereocenters. The third-order valence-corrected chi connectivity index (χ3v) is 4.13. The summed E-state index contributed by atoms with van der Waals surface area (Å²) >= 11 is 4.93. The van der Waals surface area contributed by atoms with Crippen LogP contribution < -0.4 is 10.5 Å². The topological polar surface area (TPSA) is 72.2 Å². The molecule has 2 aromatic rings. The molecule has 0 radical (unpaired) electrons. The quantitative estimate of drug-likeness (QED) is 0.831. The van der Waals surface area contributed by atoms with Gasteiger partial charge in [0.25, 0.3) is 0 Å². The van der Waals surface area contributed by atoms with Crippen LogP contribution in [0.2, 0.25) is 0 Å². The summed E-state index contributed by atoms with van der Waals surface area (Å²) in [5.41, 5.74) is 7.30. The van der Waals surface area contributed by atoms with Crippen LogP contribution in [0.4, 0.5) is 5.69 Å². The molecule has 3 N–H and O–H groups in total. The minimum Gasteiger partial charge on any atom is -0.389 e. The molecular formula is C14H14N2O2S2. The summed E-state index contributed by atoms with van der Waals surface area (Å²) in [6.45, 7) is 0. The van der Waals surface area contributed by atoms with Crippen molar-refractivity contribution in [2.45, 2.75) is 5.75 Å². The number of nitrogens with two attached hydrogens (primary N) is 1. The Morgan fingerprint density at radius 2 is 1.65 bits per heavy atom. The Balaban J connectivity index is 2.23. The SMILES string of the molecule is NC(=S)c1ccccc1CS(=O)(=O)Nc1ccccc1. The predicted octanol–water partition coefficient (Wildman–Crippen LogP) is 2.26. The first-order valence-corrected chi connectivity index (χ1v) is 7.97. The van der Waals surface area contributed by atoms with Gasteiger partial charge in [0.15, 0.2) is 0 Å². The maximum absolute atomic E-state index is 12.1. The summed E-state index contributed by atoms with van der Waals surface area (Å²) in [7, 11) is -3.51. The Morgan fingerprint density at radius 3 is 2.30 bits per heavy atom. The van der Waals surface area contributed by atoms with Crippen molar-refractivity contribution >= 4 is 32.9 Å². The molecular weight excluding hydrogens is 292 g/mol. The van der Waals surface area contributed by atoms with Crippen LogP contribution in [0.25, 0.3) is 0 Å². The van der Waals surface area contributed by atoms with Gasteiger partial charge in [-0.2, -0.15) is 0 Å². The summed E-state index contributed by atoms with van der Waals surface area (Å²) in [5.74, 6) is -0.171. The van der Waals surface area contributed by atoms with E-state index in [2.05, 4.69) is 4.72 Å². The van der Waals surface area contributed by atoms with Gasteiger partial charge in [-0.05, 0) is 17.7 Å². The molecule has 0 spiro atoms. The normalized spacial score (nSPS) is 11.0. The first kappa shape index (κ1) is 14.5. The highest BCUT2D eigenvalue weighted by Crippen LogP contribution is 2.15. The molecule has 0 amide bonds. The van der Waals surface area contributed by atoms with Gasteiger partial charge >= 0.3 is 0 Å². The van der Waals surface area contributed by atoms with Crippen LogP contribution in [-0.4, -0.2) is 13.4 Å². The van der Waals surface area contributed by atoms with Crippen molar-refractivity contribution in [3.8, 4) is 0 Å². The monoisotopic (exact) mass is 306 g/mol. The number of hydrogen-bond acceptors (Lipinski definition) is 3. The highest BCUT2D eigenvalue weighted by Gasteiger charge is 2.15. The van der Waals surface area contributed by atoms with E-state index in [1.807, 2.05) is 6.07 Å². The van der Waals surface area contributed by atoms with E-state index in [4.69, 9.17) is 18.0 Å². The molecule has 0 aromatic heterocycles. The average molecular weight is 306 g/mol. The van der Waals surface area contributed by atoms with Crippen molar-refractivity contribution in [3.05, 3.63) is 65.7 Å². The van der Waals surface area contributed by atoms with Crippen LogP contribution in [0, 0.1) is 0 Å². The van der Waals surface area contributed by atoms with Gasteiger partial charge in [-0.3, -0.25) is 4.72 Å². The maximum atomic E-state index is 12.1. The molecule has 2 rings (SSSR count). The molecule has 6 heteroatoms. The standard InChI is InChI=1S/C14H14N2O2S2/c15-14(19)13-9-5-4-6-11(13)10-20(17,18)16-12-7-2-1-3-8-12/h1-9,16H,10H2,(H2,15,19). The van der Waals surface area contributed by atoms with Crippen molar-refractivity contribution in [2.75, 3.05) is 4.72 Å². The highest BCUT2D eigenvalue weighted by molar-refractivity contribution is 7.91. The molecule has 2 aromatic carbocycles. The molecule has 0 aliphatic rings. The Bertz CT molecular complexity index is 713. The average Bonchev–Trinajstić information content (AvgIpc) is 2.39. The molecule has 4 nitrogen and oxygen atoms in total. The number of para-hydroxylation sites is 1. The number of benzene rings is 2. The van der Waals surface area contributed by atoms with Crippen molar-refractivity contribution in [1.29, 1.82) is 0 Å². The van der Waals surface area contributed by atoms with Gasteiger partial charge in [0.1, 0.15) is 4.99 Å². The van der Waals surface area contributed by atoms with Crippen LogP contribution in [0.15, 0.2) is 54.6 Å².